The van der Waals surface area contributed by atoms with Crippen molar-refractivity contribution in [2.24, 2.45) is 0 Å². The molecule has 1 aromatic rings. The SMILES string of the molecule is CCN(CCCO)c1nc(N)ccc1[N+](=O)[O-]. The lowest BCUT2D eigenvalue weighted by atomic mass is 10.3. The van der Waals surface area contributed by atoms with Crippen LogP contribution in [0.15, 0.2) is 12.1 Å². The number of aliphatic hydroxyl groups excluding tert-OH is 1. The second-order valence-electron chi connectivity index (χ2n) is 3.49. The minimum absolute atomic E-state index is 0.0343. The molecule has 0 fully saturated rings. The summed E-state index contributed by atoms with van der Waals surface area (Å²) in [6.45, 7) is 2.97. The molecule has 3 N–H and O–H groups in total. The van der Waals surface area contributed by atoms with Gasteiger partial charge in [0.25, 0.3) is 0 Å². The van der Waals surface area contributed by atoms with E-state index in [9.17, 15) is 10.1 Å². The van der Waals surface area contributed by atoms with Gasteiger partial charge in [0.15, 0.2) is 0 Å². The Balaban J connectivity index is 3.06. The molecule has 17 heavy (non-hydrogen) atoms. The molecule has 0 aliphatic rings. The average Bonchev–Trinajstić information content (AvgIpc) is 2.29. The van der Waals surface area contributed by atoms with Crippen molar-refractivity contribution < 1.29 is 10.0 Å². The van der Waals surface area contributed by atoms with Crippen LogP contribution in [-0.4, -0.2) is 34.7 Å². The van der Waals surface area contributed by atoms with Crippen LogP contribution in [0.1, 0.15) is 13.3 Å². The van der Waals surface area contributed by atoms with Gasteiger partial charge in [-0.3, -0.25) is 10.1 Å². The van der Waals surface area contributed by atoms with Crippen LogP contribution in [0.4, 0.5) is 17.3 Å². The van der Waals surface area contributed by atoms with Gasteiger partial charge in [0.1, 0.15) is 5.82 Å². The number of nitro groups is 1. The van der Waals surface area contributed by atoms with Gasteiger partial charge in [0.05, 0.1) is 4.92 Å². The van der Waals surface area contributed by atoms with Gasteiger partial charge in [0, 0.05) is 25.8 Å². The Labute approximate surface area is 99.0 Å². The van der Waals surface area contributed by atoms with Gasteiger partial charge < -0.3 is 15.7 Å². The first-order valence-corrected chi connectivity index (χ1v) is 5.36. The van der Waals surface area contributed by atoms with Crippen molar-refractivity contribution >= 4 is 17.3 Å². The fourth-order valence-electron chi connectivity index (χ4n) is 1.51. The zero-order valence-electron chi connectivity index (χ0n) is 9.67. The molecule has 0 saturated heterocycles. The largest absolute Gasteiger partial charge is 0.396 e. The average molecular weight is 240 g/mol. The van der Waals surface area contributed by atoms with Gasteiger partial charge in [0.2, 0.25) is 5.82 Å². The van der Waals surface area contributed by atoms with Crippen LogP contribution in [0.5, 0.6) is 0 Å². The van der Waals surface area contributed by atoms with Crippen molar-refractivity contribution in [3.63, 3.8) is 0 Å². The maximum absolute atomic E-state index is 10.9. The van der Waals surface area contributed by atoms with Crippen molar-refractivity contribution in [3.8, 4) is 0 Å². The zero-order chi connectivity index (χ0) is 12.8. The number of rotatable bonds is 6. The predicted molar refractivity (Wildman–Crippen MR) is 64.9 cm³/mol. The standard InChI is InChI=1S/C10H16N4O3/c1-2-13(6-3-7-15)10-8(14(16)17)4-5-9(11)12-10/h4-5,15H,2-3,6-7H2,1H3,(H2,11,12). The van der Waals surface area contributed by atoms with Gasteiger partial charge in [-0.25, -0.2) is 4.98 Å². The van der Waals surface area contributed by atoms with Crippen LogP contribution in [0, 0.1) is 10.1 Å². The molecule has 94 valence electrons. The van der Waals surface area contributed by atoms with Crippen molar-refractivity contribution in [3.05, 3.63) is 22.2 Å². The molecule has 0 bridgehead atoms. The van der Waals surface area contributed by atoms with Gasteiger partial charge in [-0.15, -0.1) is 0 Å². The summed E-state index contributed by atoms with van der Waals surface area (Å²) in [4.78, 5) is 16.1. The quantitative estimate of drug-likeness (QED) is 0.562. The number of hydrogen-bond donors (Lipinski definition) is 2. The molecular weight excluding hydrogens is 224 g/mol. The van der Waals surface area contributed by atoms with E-state index in [1.165, 1.54) is 12.1 Å². The van der Waals surface area contributed by atoms with Gasteiger partial charge in [-0.2, -0.15) is 0 Å². The van der Waals surface area contributed by atoms with Crippen LogP contribution < -0.4 is 10.6 Å². The third-order valence-corrected chi connectivity index (χ3v) is 2.34. The summed E-state index contributed by atoms with van der Waals surface area (Å²) in [7, 11) is 0. The molecule has 0 amide bonds. The number of nitrogens with zero attached hydrogens (tertiary/aromatic N) is 3. The topological polar surface area (TPSA) is 106 Å². The number of nitrogens with two attached hydrogens (primary N) is 1. The third-order valence-electron chi connectivity index (χ3n) is 2.34. The van der Waals surface area contributed by atoms with Crippen LogP contribution in [0.3, 0.4) is 0 Å². The predicted octanol–water partition coefficient (Wildman–Crippen LogP) is 0.781. The molecular formula is C10H16N4O3. The van der Waals surface area contributed by atoms with Crippen LogP contribution >= 0.6 is 0 Å². The highest BCUT2D eigenvalue weighted by Crippen LogP contribution is 2.26. The molecule has 0 radical (unpaired) electrons. The van der Waals surface area contributed by atoms with Crippen LogP contribution in [0.25, 0.3) is 0 Å². The first-order valence-electron chi connectivity index (χ1n) is 5.36. The normalized spacial score (nSPS) is 10.2. The smallest absolute Gasteiger partial charge is 0.311 e. The summed E-state index contributed by atoms with van der Waals surface area (Å²) in [5.41, 5.74) is 5.47. The van der Waals surface area contributed by atoms with E-state index in [0.717, 1.165) is 0 Å². The lowest BCUT2D eigenvalue weighted by molar-refractivity contribution is -0.384. The highest BCUT2D eigenvalue weighted by Gasteiger charge is 2.20. The highest BCUT2D eigenvalue weighted by molar-refractivity contribution is 5.60. The monoisotopic (exact) mass is 240 g/mol. The second kappa shape index (κ2) is 6.00. The molecule has 0 atom stereocenters. The molecule has 0 spiro atoms. The lowest BCUT2D eigenvalue weighted by Crippen LogP contribution is -2.26. The Morgan fingerprint density at radius 2 is 2.29 bits per heavy atom. The maximum Gasteiger partial charge on any atom is 0.311 e. The number of pyridine rings is 1. The van der Waals surface area contributed by atoms with E-state index in [1.807, 2.05) is 6.92 Å². The Morgan fingerprint density at radius 1 is 1.59 bits per heavy atom. The molecule has 7 nitrogen and oxygen atoms in total. The van der Waals surface area contributed by atoms with Crippen LogP contribution in [0.2, 0.25) is 0 Å². The van der Waals surface area contributed by atoms with Gasteiger partial charge in [-0.1, -0.05) is 0 Å². The first kappa shape index (κ1) is 13.2. The van der Waals surface area contributed by atoms with Gasteiger partial charge >= 0.3 is 5.69 Å². The molecule has 0 aliphatic heterocycles. The summed E-state index contributed by atoms with van der Waals surface area (Å²) in [5, 5.41) is 19.7. The lowest BCUT2D eigenvalue weighted by Gasteiger charge is -2.21. The van der Waals surface area contributed by atoms with E-state index in [0.29, 0.717) is 19.5 Å². The minimum atomic E-state index is -0.483. The van der Waals surface area contributed by atoms with E-state index in [4.69, 9.17) is 10.8 Å². The Hall–Kier alpha value is -1.89. The molecule has 0 saturated carbocycles. The van der Waals surface area contributed by atoms with Crippen molar-refractivity contribution in [1.29, 1.82) is 0 Å². The molecule has 0 aromatic carbocycles. The molecule has 7 heteroatoms. The molecule has 1 rings (SSSR count). The highest BCUT2D eigenvalue weighted by atomic mass is 16.6. The van der Waals surface area contributed by atoms with Gasteiger partial charge in [-0.05, 0) is 19.4 Å². The zero-order valence-corrected chi connectivity index (χ0v) is 9.67. The summed E-state index contributed by atoms with van der Waals surface area (Å²) >= 11 is 0. The van der Waals surface area contributed by atoms with Crippen LogP contribution in [-0.2, 0) is 0 Å². The van der Waals surface area contributed by atoms with Crippen molar-refractivity contribution in [1.82, 2.24) is 4.98 Å². The summed E-state index contributed by atoms with van der Waals surface area (Å²) < 4.78 is 0. The minimum Gasteiger partial charge on any atom is -0.396 e. The molecule has 0 unspecified atom stereocenters. The number of aromatic nitrogens is 1. The van der Waals surface area contributed by atoms with Crippen molar-refractivity contribution in [2.75, 3.05) is 30.3 Å². The van der Waals surface area contributed by atoms with E-state index in [2.05, 4.69) is 4.98 Å². The Morgan fingerprint density at radius 3 is 2.82 bits per heavy atom. The maximum atomic E-state index is 10.9. The summed E-state index contributed by atoms with van der Waals surface area (Å²) in [6.07, 6.45) is 0.529. The third kappa shape index (κ3) is 3.28. The van der Waals surface area contributed by atoms with E-state index >= 15 is 0 Å². The molecule has 1 aromatic heterocycles. The fourth-order valence-corrected chi connectivity index (χ4v) is 1.51. The second-order valence-corrected chi connectivity index (χ2v) is 3.49. The van der Waals surface area contributed by atoms with E-state index in [1.54, 1.807) is 4.90 Å². The summed E-state index contributed by atoms with van der Waals surface area (Å²) in [5.74, 6) is 0.499. The first-order chi connectivity index (χ1) is 8.10. The van der Waals surface area contributed by atoms with E-state index in [-0.39, 0.29) is 23.9 Å². The Bertz CT molecular complexity index is 397. The Kier molecular flexibility index (Phi) is 4.65. The number of nitrogen functional groups attached to an aromatic ring is 1. The number of hydrogen-bond acceptors (Lipinski definition) is 6. The summed E-state index contributed by atoms with van der Waals surface area (Å²) in [6, 6.07) is 2.75. The van der Waals surface area contributed by atoms with Crippen molar-refractivity contribution in [2.45, 2.75) is 13.3 Å². The number of aliphatic hydroxyl groups is 1. The number of anilines is 2. The fraction of sp³-hybridized carbons (Fsp3) is 0.500. The molecule has 1 heterocycles. The molecule has 0 aliphatic carbocycles. The van der Waals surface area contributed by atoms with E-state index < -0.39 is 4.92 Å².